The number of hydrogen-bond acceptors (Lipinski definition) is 4. The quantitative estimate of drug-likeness (QED) is 0.411. The molecular weight excluding hydrogens is 394 g/mol. The summed E-state index contributed by atoms with van der Waals surface area (Å²) in [5, 5.41) is 3.91. The second-order valence-corrected chi connectivity index (χ2v) is 7.78. The van der Waals surface area contributed by atoms with Gasteiger partial charge in [-0.1, -0.05) is 32.9 Å². The van der Waals surface area contributed by atoms with Crippen LogP contribution in [0.4, 0.5) is 0 Å². The third-order valence-corrected chi connectivity index (χ3v) is 4.31. The molecule has 0 aliphatic heterocycles. The minimum absolute atomic E-state index is 0.0927. The fraction of sp³-hybridized carbons (Fsp3) is 0.350. The number of ether oxygens (including phenoxy) is 1. The molecule has 2 aromatic rings. The third kappa shape index (κ3) is 6.59. The third-order valence-electron chi connectivity index (χ3n) is 3.69. The predicted octanol–water partition coefficient (Wildman–Crippen LogP) is 4.45. The van der Waals surface area contributed by atoms with E-state index in [1.54, 1.807) is 18.6 Å². The van der Waals surface area contributed by atoms with Crippen molar-refractivity contribution in [3.63, 3.8) is 0 Å². The van der Waals surface area contributed by atoms with E-state index in [1.807, 2.05) is 18.2 Å². The standard InChI is InChI=1S/C20H24BrN3O2/c1-20(2,3)16-8-9-18(17(21)12-16)26-11-5-7-19(25)24-23-14-15-6-4-10-22-13-15/h4,6,8-10,12-14H,5,7,11H2,1-3H3,(H,24,25)/b23-14+. The van der Waals surface area contributed by atoms with Crippen molar-refractivity contribution in [3.05, 3.63) is 58.3 Å². The molecule has 1 N–H and O–H groups in total. The van der Waals surface area contributed by atoms with E-state index in [1.165, 1.54) is 5.56 Å². The summed E-state index contributed by atoms with van der Waals surface area (Å²) in [6.45, 7) is 6.98. The van der Waals surface area contributed by atoms with Gasteiger partial charge in [-0.05, 0) is 51.5 Å². The van der Waals surface area contributed by atoms with Gasteiger partial charge in [-0.2, -0.15) is 5.10 Å². The highest BCUT2D eigenvalue weighted by molar-refractivity contribution is 9.10. The van der Waals surface area contributed by atoms with Crippen molar-refractivity contribution >= 4 is 28.1 Å². The number of aromatic nitrogens is 1. The van der Waals surface area contributed by atoms with Gasteiger partial charge in [0.1, 0.15) is 5.75 Å². The van der Waals surface area contributed by atoms with Crippen LogP contribution in [-0.4, -0.2) is 23.7 Å². The van der Waals surface area contributed by atoms with Crippen LogP contribution in [0.3, 0.4) is 0 Å². The van der Waals surface area contributed by atoms with E-state index in [0.29, 0.717) is 19.4 Å². The topological polar surface area (TPSA) is 63.6 Å². The number of hydrazone groups is 1. The lowest BCUT2D eigenvalue weighted by molar-refractivity contribution is -0.121. The molecule has 0 bridgehead atoms. The van der Waals surface area contributed by atoms with Gasteiger partial charge >= 0.3 is 0 Å². The van der Waals surface area contributed by atoms with E-state index in [0.717, 1.165) is 15.8 Å². The minimum Gasteiger partial charge on any atom is -0.492 e. The largest absolute Gasteiger partial charge is 0.492 e. The molecule has 2 rings (SSSR count). The summed E-state index contributed by atoms with van der Waals surface area (Å²) in [5.74, 6) is 0.642. The molecule has 1 aromatic carbocycles. The molecule has 138 valence electrons. The fourth-order valence-electron chi connectivity index (χ4n) is 2.19. The number of nitrogens with one attached hydrogen (secondary N) is 1. The van der Waals surface area contributed by atoms with Gasteiger partial charge < -0.3 is 4.74 Å². The molecular formula is C20H24BrN3O2. The van der Waals surface area contributed by atoms with Gasteiger partial charge in [0.15, 0.2) is 0 Å². The first-order valence-corrected chi connectivity index (χ1v) is 9.30. The summed E-state index contributed by atoms with van der Waals surface area (Å²) in [7, 11) is 0. The number of carbonyl (C=O) groups excluding carboxylic acids is 1. The molecule has 6 heteroatoms. The summed E-state index contributed by atoms with van der Waals surface area (Å²) in [5.41, 5.74) is 4.67. The lowest BCUT2D eigenvalue weighted by atomic mass is 9.87. The molecule has 26 heavy (non-hydrogen) atoms. The van der Waals surface area contributed by atoms with Crippen LogP contribution in [0.15, 0.2) is 52.3 Å². The highest BCUT2D eigenvalue weighted by Gasteiger charge is 2.15. The molecule has 0 aliphatic carbocycles. The van der Waals surface area contributed by atoms with Crippen LogP contribution in [0.5, 0.6) is 5.75 Å². The van der Waals surface area contributed by atoms with Crippen LogP contribution in [0.2, 0.25) is 0 Å². The summed E-state index contributed by atoms with van der Waals surface area (Å²) < 4.78 is 6.68. The Bertz CT molecular complexity index is 755. The van der Waals surface area contributed by atoms with Crippen molar-refractivity contribution < 1.29 is 9.53 Å². The van der Waals surface area contributed by atoms with Crippen molar-refractivity contribution in [2.75, 3.05) is 6.61 Å². The average Bonchev–Trinajstić information content (AvgIpc) is 2.60. The normalized spacial score (nSPS) is 11.5. The van der Waals surface area contributed by atoms with E-state index in [9.17, 15) is 4.79 Å². The van der Waals surface area contributed by atoms with Gasteiger partial charge in [0, 0.05) is 24.4 Å². The van der Waals surface area contributed by atoms with Crippen LogP contribution < -0.4 is 10.2 Å². The maximum absolute atomic E-state index is 11.8. The Balaban J connectivity index is 1.71. The van der Waals surface area contributed by atoms with E-state index >= 15 is 0 Å². The number of hydrogen-bond donors (Lipinski definition) is 1. The van der Waals surface area contributed by atoms with Crippen LogP contribution in [0, 0.1) is 0 Å². The Labute approximate surface area is 163 Å². The van der Waals surface area contributed by atoms with Gasteiger partial charge in [0.25, 0.3) is 0 Å². The molecule has 1 aromatic heterocycles. The second-order valence-electron chi connectivity index (χ2n) is 6.93. The molecule has 0 fully saturated rings. The maximum Gasteiger partial charge on any atom is 0.240 e. The number of halogens is 1. The number of rotatable bonds is 7. The Morgan fingerprint density at radius 3 is 2.81 bits per heavy atom. The van der Waals surface area contributed by atoms with Gasteiger partial charge in [-0.25, -0.2) is 5.43 Å². The minimum atomic E-state index is -0.143. The summed E-state index contributed by atoms with van der Waals surface area (Å²) in [4.78, 5) is 15.7. The van der Waals surface area contributed by atoms with Crippen LogP contribution >= 0.6 is 15.9 Å². The van der Waals surface area contributed by atoms with E-state index in [4.69, 9.17) is 4.74 Å². The van der Waals surface area contributed by atoms with Crippen LogP contribution in [-0.2, 0) is 10.2 Å². The van der Waals surface area contributed by atoms with Crippen molar-refractivity contribution in [2.24, 2.45) is 5.10 Å². The Hall–Kier alpha value is -2.21. The Kier molecular flexibility index (Phi) is 7.33. The number of carbonyl (C=O) groups is 1. The lowest BCUT2D eigenvalue weighted by Gasteiger charge is -2.20. The SMILES string of the molecule is CC(C)(C)c1ccc(OCCCC(=O)N/N=C/c2cccnc2)c(Br)c1. The lowest BCUT2D eigenvalue weighted by Crippen LogP contribution is -2.18. The second kappa shape index (κ2) is 9.48. The molecule has 1 amide bonds. The van der Waals surface area contributed by atoms with Crippen molar-refractivity contribution in [1.82, 2.24) is 10.4 Å². The number of amides is 1. The monoisotopic (exact) mass is 417 g/mol. The summed E-state index contributed by atoms with van der Waals surface area (Å²) >= 11 is 3.55. The number of nitrogens with zero attached hydrogens (tertiary/aromatic N) is 2. The molecule has 0 saturated carbocycles. The zero-order valence-corrected chi connectivity index (χ0v) is 16.9. The zero-order chi connectivity index (χ0) is 19.0. The first-order valence-electron chi connectivity index (χ1n) is 8.51. The van der Waals surface area contributed by atoms with Gasteiger partial charge in [0.2, 0.25) is 5.91 Å². The van der Waals surface area contributed by atoms with E-state index < -0.39 is 0 Å². The average molecular weight is 418 g/mol. The zero-order valence-electron chi connectivity index (χ0n) is 15.3. The molecule has 1 heterocycles. The van der Waals surface area contributed by atoms with Crippen molar-refractivity contribution in [3.8, 4) is 5.75 Å². The van der Waals surface area contributed by atoms with Gasteiger partial charge in [0.05, 0.1) is 17.3 Å². The molecule has 0 unspecified atom stereocenters. The highest BCUT2D eigenvalue weighted by Crippen LogP contribution is 2.31. The van der Waals surface area contributed by atoms with Crippen molar-refractivity contribution in [1.29, 1.82) is 0 Å². The summed E-state index contributed by atoms with van der Waals surface area (Å²) in [6, 6.07) is 9.78. The Morgan fingerprint density at radius 2 is 2.15 bits per heavy atom. The summed E-state index contributed by atoms with van der Waals surface area (Å²) in [6.07, 6.45) is 5.89. The van der Waals surface area contributed by atoms with Crippen LogP contribution in [0.1, 0.15) is 44.7 Å². The number of pyridine rings is 1. The first-order chi connectivity index (χ1) is 12.4. The molecule has 0 aliphatic rings. The van der Waals surface area contributed by atoms with Gasteiger partial charge in [-0.15, -0.1) is 0 Å². The fourth-order valence-corrected chi connectivity index (χ4v) is 2.68. The smallest absolute Gasteiger partial charge is 0.240 e. The highest BCUT2D eigenvalue weighted by atomic mass is 79.9. The molecule has 5 nitrogen and oxygen atoms in total. The maximum atomic E-state index is 11.8. The van der Waals surface area contributed by atoms with Crippen molar-refractivity contribution in [2.45, 2.75) is 39.0 Å². The predicted molar refractivity (Wildman–Crippen MR) is 108 cm³/mol. The van der Waals surface area contributed by atoms with Crippen LogP contribution in [0.25, 0.3) is 0 Å². The molecule has 0 saturated heterocycles. The number of benzene rings is 1. The molecule has 0 spiro atoms. The first kappa shape index (κ1) is 20.1. The van der Waals surface area contributed by atoms with E-state index in [2.05, 4.69) is 64.3 Å². The molecule has 0 radical (unpaired) electrons. The molecule has 0 atom stereocenters. The van der Waals surface area contributed by atoms with E-state index in [-0.39, 0.29) is 11.3 Å². The Morgan fingerprint density at radius 1 is 1.35 bits per heavy atom. The van der Waals surface area contributed by atoms with Gasteiger partial charge in [-0.3, -0.25) is 9.78 Å².